The molecule has 0 heterocycles. The van der Waals surface area contributed by atoms with Crippen molar-refractivity contribution in [3.63, 3.8) is 0 Å². The number of hydrogen-bond acceptors (Lipinski definition) is 0. The quantitative estimate of drug-likeness (QED) is 0.384. The average Bonchev–Trinajstić information content (AvgIpc) is 2.13. The van der Waals surface area contributed by atoms with E-state index in [9.17, 15) is 22.0 Å². The minimum Gasteiger partial charge on any atom is -0.246 e. The predicted octanol–water partition coefficient (Wildman–Crippen LogP) is 3.37. The van der Waals surface area contributed by atoms with Crippen LogP contribution in [-0.4, -0.2) is 0 Å². The fourth-order valence-corrected chi connectivity index (χ4v) is 0.965. The summed E-state index contributed by atoms with van der Waals surface area (Å²) in [6, 6.07) is 0. The molecule has 1 aromatic rings. The fourth-order valence-electron chi connectivity index (χ4n) is 0.768. The van der Waals surface area contributed by atoms with Gasteiger partial charge in [0.2, 0.25) is 0 Å². The van der Waals surface area contributed by atoms with Crippen LogP contribution in [0.1, 0.15) is 5.56 Å². The molecule has 13 heavy (non-hydrogen) atoms. The first-order valence-electron chi connectivity index (χ1n) is 3.07. The standard InChI is InChI=1S/C7H2ClF5/c8-3-4(10)2(1-9)5(11)7(13)6(3)12/h1H2. The van der Waals surface area contributed by atoms with Crippen molar-refractivity contribution >= 4 is 11.6 Å². The highest BCUT2D eigenvalue weighted by molar-refractivity contribution is 6.31. The van der Waals surface area contributed by atoms with E-state index in [4.69, 9.17) is 11.6 Å². The zero-order valence-electron chi connectivity index (χ0n) is 5.97. The van der Waals surface area contributed by atoms with Crippen molar-refractivity contribution in [2.45, 2.75) is 6.67 Å². The summed E-state index contributed by atoms with van der Waals surface area (Å²) < 4.78 is 62.1. The molecular weight excluding hydrogens is 215 g/mol. The highest BCUT2D eigenvalue weighted by atomic mass is 35.5. The Hall–Kier alpha value is -0.840. The first-order valence-corrected chi connectivity index (χ1v) is 3.44. The summed E-state index contributed by atoms with van der Waals surface area (Å²) in [5.41, 5.74) is -1.20. The van der Waals surface area contributed by atoms with E-state index in [0.717, 1.165) is 0 Å². The van der Waals surface area contributed by atoms with Crippen LogP contribution in [0, 0.1) is 23.3 Å². The summed E-state index contributed by atoms with van der Waals surface area (Å²) in [4.78, 5) is 0. The number of hydrogen-bond donors (Lipinski definition) is 0. The van der Waals surface area contributed by atoms with E-state index in [2.05, 4.69) is 0 Å². The smallest absolute Gasteiger partial charge is 0.196 e. The summed E-state index contributed by atoms with van der Waals surface area (Å²) in [6.45, 7) is -1.59. The molecule has 0 amide bonds. The largest absolute Gasteiger partial charge is 0.246 e. The summed E-state index contributed by atoms with van der Waals surface area (Å²) in [5, 5.41) is -1.24. The van der Waals surface area contributed by atoms with Gasteiger partial charge >= 0.3 is 0 Å². The van der Waals surface area contributed by atoms with Crippen LogP contribution in [0.5, 0.6) is 0 Å². The Morgan fingerprint density at radius 1 is 0.846 bits per heavy atom. The normalized spacial score (nSPS) is 10.6. The molecule has 0 spiro atoms. The molecule has 0 saturated carbocycles. The van der Waals surface area contributed by atoms with E-state index in [0.29, 0.717) is 0 Å². The van der Waals surface area contributed by atoms with Crippen molar-refractivity contribution in [2.24, 2.45) is 0 Å². The summed E-state index contributed by atoms with van der Waals surface area (Å²) in [5.74, 6) is -7.32. The lowest BCUT2D eigenvalue weighted by Crippen LogP contribution is -2.02. The molecule has 0 atom stereocenters. The molecule has 0 aromatic heterocycles. The molecule has 0 saturated heterocycles. The van der Waals surface area contributed by atoms with Crippen molar-refractivity contribution in [1.29, 1.82) is 0 Å². The lowest BCUT2D eigenvalue weighted by molar-refractivity contribution is 0.394. The second-order valence-electron chi connectivity index (χ2n) is 2.18. The summed E-state index contributed by atoms with van der Waals surface area (Å²) in [7, 11) is 0. The van der Waals surface area contributed by atoms with Crippen molar-refractivity contribution < 1.29 is 22.0 Å². The van der Waals surface area contributed by atoms with E-state index in [-0.39, 0.29) is 0 Å². The molecule has 0 unspecified atom stereocenters. The molecule has 0 nitrogen and oxygen atoms in total. The third kappa shape index (κ3) is 1.48. The molecule has 1 aromatic carbocycles. The first kappa shape index (κ1) is 10.2. The topological polar surface area (TPSA) is 0 Å². The van der Waals surface area contributed by atoms with Crippen LogP contribution in [-0.2, 0) is 6.67 Å². The Kier molecular flexibility index (Phi) is 2.75. The number of halogens is 6. The van der Waals surface area contributed by atoms with Crippen LogP contribution in [0.15, 0.2) is 0 Å². The van der Waals surface area contributed by atoms with Crippen LogP contribution >= 0.6 is 11.6 Å². The van der Waals surface area contributed by atoms with Crippen molar-refractivity contribution in [3.05, 3.63) is 33.9 Å². The molecule has 0 N–H and O–H groups in total. The Bertz CT molecular complexity index is 320. The molecule has 0 bridgehead atoms. The van der Waals surface area contributed by atoms with Crippen LogP contribution in [0.3, 0.4) is 0 Å². The number of alkyl halides is 1. The van der Waals surface area contributed by atoms with Gasteiger partial charge in [0.05, 0.1) is 5.56 Å². The Balaban J connectivity index is 3.56. The van der Waals surface area contributed by atoms with Crippen LogP contribution < -0.4 is 0 Å². The lowest BCUT2D eigenvalue weighted by Gasteiger charge is -2.04. The molecule has 6 heteroatoms. The molecule has 0 aliphatic rings. The van der Waals surface area contributed by atoms with Gasteiger partial charge in [0.25, 0.3) is 0 Å². The van der Waals surface area contributed by atoms with Gasteiger partial charge in [-0.25, -0.2) is 22.0 Å². The first-order chi connectivity index (χ1) is 6.00. The Morgan fingerprint density at radius 3 is 1.85 bits per heavy atom. The van der Waals surface area contributed by atoms with Gasteiger partial charge in [0, 0.05) is 0 Å². The molecule has 0 fully saturated rings. The number of rotatable bonds is 1. The maximum absolute atomic E-state index is 12.7. The second kappa shape index (κ2) is 3.49. The molecule has 1 rings (SSSR count). The van der Waals surface area contributed by atoms with Crippen LogP contribution in [0.2, 0.25) is 5.02 Å². The van der Waals surface area contributed by atoms with E-state index >= 15 is 0 Å². The van der Waals surface area contributed by atoms with Gasteiger partial charge in [-0.15, -0.1) is 0 Å². The maximum Gasteiger partial charge on any atom is 0.196 e. The van der Waals surface area contributed by atoms with Gasteiger partial charge in [-0.3, -0.25) is 0 Å². The average molecular weight is 217 g/mol. The molecule has 72 valence electrons. The highest BCUT2D eigenvalue weighted by Gasteiger charge is 2.23. The van der Waals surface area contributed by atoms with Crippen molar-refractivity contribution in [2.75, 3.05) is 0 Å². The van der Waals surface area contributed by atoms with Gasteiger partial charge in [0.15, 0.2) is 23.3 Å². The van der Waals surface area contributed by atoms with Gasteiger partial charge in [-0.1, -0.05) is 11.6 Å². The molecule has 0 aliphatic heterocycles. The van der Waals surface area contributed by atoms with Gasteiger partial charge < -0.3 is 0 Å². The predicted molar refractivity (Wildman–Crippen MR) is 36.1 cm³/mol. The van der Waals surface area contributed by atoms with E-state index in [1.165, 1.54) is 0 Å². The lowest BCUT2D eigenvalue weighted by atomic mass is 10.2. The maximum atomic E-state index is 12.7. The summed E-state index contributed by atoms with van der Waals surface area (Å²) >= 11 is 4.92. The third-order valence-electron chi connectivity index (χ3n) is 1.43. The zero-order valence-corrected chi connectivity index (χ0v) is 6.73. The van der Waals surface area contributed by atoms with Crippen LogP contribution in [0.25, 0.3) is 0 Å². The monoisotopic (exact) mass is 216 g/mol. The Labute approximate surface area is 74.9 Å². The molecule has 0 radical (unpaired) electrons. The highest BCUT2D eigenvalue weighted by Crippen LogP contribution is 2.28. The van der Waals surface area contributed by atoms with Gasteiger partial charge in [0.1, 0.15) is 11.7 Å². The number of benzene rings is 1. The second-order valence-corrected chi connectivity index (χ2v) is 2.56. The zero-order chi connectivity index (χ0) is 10.2. The Morgan fingerprint density at radius 2 is 1.38 bits per heavy atom. The van der Waals surface area contributed by atoms with Gasteiger partial charge in [-0.05, 0) is 0 Å². The van der Waals surface area contributed by atoms with Crippen LogP contribution in [0.4, 0.5) is 22.0 Å². The fraction of sp³-hybridized carbons (Fsp3) is 0.143. The third-order valence-corrected chi connectivity index (χ3v) is 1.77. The SMILES string of the molecule is FCc1c(F)c(F)c(F)c(Cl)c1F. The molecular formula is C7H2ClF5. The summed E-state index contributed by atoms with van der Waals surface area (Å²) in [6.07, 6.45) is 0. The molecule has 0 aliphatic carbocycles. The van der Waals surface area contributed by atoms with Crippen molar-refractivity contribution in [3.8, 4) is 0 Å². The van der Waals surface area contributed by atoms with E-state index in [1.807, 2.05) is 0 Å². The van der Waals surface area contributed by atoms with Gasteiger partial charge in [-0.2, -0.15) is 0 Å². The van der Waals surface area contributed by atoms with Crippen molar-refractivity contribution in [1.82, 2.24) is 0 Å². The van der Waals surface area contributed by atoms with E-state index in [1.54, 1.807) is 0 Å². The van der Waals surface area contributed by atoms with E-state index < -0.39 is 40.5 Å². The minimum absolute atomic E-state index is 1.20. The minimum atomic E-state index is -1.97.